The number of urea groups is 1. The number of nitrogens with zero attached hydrogens (tertiary/aromatic N) is 5. The fourth-order valence-electron chi connectivity index (χ4n) is 3.54. The Morgan fingerprint density at radius 3 is 2.61 bits per heavy atom. The number of benzene rings is 1. The third kappa shape index (κ3) is 3.45. The van der Waals surface area contributed by atoms with E-state index in [1.165, 1.54) is 0 Å². The molecule has 0 unspecified atom stereocenters. The van der Waals surface area contributed by atoms with E-state index in [2.05, 4.69) is 20.4 Å². The third-order valence-corrected chi connectivity index (χ3v) is 5.06. The maximum atomic E-state index is 12.7. The van der Waals surface area contributed by atoms with Gasteiger partial charge in [-0.3, -0.25) is 4.40 Å². The summed E-state index contributed by atoms with van der Waals surface area (Å²) >= 11 is 0. The van der Waals surface area contributed by atoms with E-state index in [0.29, 0.717) is 13.1 Å². The lowest BCUT2D eigenvalue weighted by Gasteiger charge is -2.36. The lowest BCUT2D eigenvalue weighted by atomic mass is 10.2. The molecular weight excluding hydrogens is 356 g/mol. The zero-order valence-electron chi connectivity index (χ0n) is 16.1. The van der Waals surface area contributed by atoms with Gasteiger partial charge < -0.3 is 19.9 Å². The molecule has 2 amide bonds. The van der Waals surface area contributed by atoms with Gasteiger partial charge in [-0.25, -0.2) is 4.79 Å². The number of rotatable bonds is 4. The van der Waals surface area contributed by atoms with E-state index in [-0.39, 0.29) is 12.1 Å². The number of fused-ring (bicyclic) bond motifs is 1. The van der Waals surface area contributed by atoms with Crippen LogP contribution in [0.5, 0.6) is 5.75 Å². The van der Waals surface area contributed by atoms with Crippen molar-refractivity contribution >= 4 is 17.4 Å². The van der Waals surface area contributed by atoms with Crippen molar-refractivity contribution in [2.45, 2.75) is 13.0 Å². The Bertz CT molecular complexity index is 964. The number of methoxy groups -OCH3 is 1. The number of nitrogens with one attached hydrogen (secondary N) is 1. The molecule has 146 valence electrons. The zero-order chi connectivity index (χ0) is 19.5. The molecule has 3 heterocycles. The third-order valence-electron chi connectivity index (χ3n) is 5.06. The van der Waals surface area contributed by atoms with Gasteiger partial charge in [0, 0.05) is 32.4 Å². The van der Waals surface area contributed by atoms with Gasteiger partial charge in [-0.15, -0.1) is 10.2 Å². The van der Waals surface area contributed by atoms with Gasteiger partial charge in [-0.05, 0) is 31.2 Å². The first-order chi connectivity index (χ1) is 13.7. The molecule has 8 nitrogen and oxygen atoms in total. The molecule has 0 saturated carbocycles. The molecule has 3 aromatic rings. The number of para-hydroxylation sites is 2. The predicted molar refractivity (Wildman–Crippen MR) is 107 cm³/mol. The molecular formula is C20H24N6O2. The number of aromatic nitrogens is 3. The largest absolute Gasteiger partial charge is 0.495 e. The van der Waals surface area contributed by atoms with Crippen molar-refractivity contribution in [1.29, 1.82) is 0 Å². The van der Waals surface area contributed by atoms with Crippen LogP contribution in [0.2, 0.25) is 0 Å². The van der Waals surface area contributed by atoms with Crippen molar-refractivity contribution in [1.82, 2.24) is 24.8 Å². The molecule has 0 aliphatic carbocycles. The minimum Gasteiger partial charge on any atom is -0.495 e. The van der Waals surface area contributed by atoms with E-state index in [1.54, 1.807) is 7.11 Å². The molecule has 1 atom stereocenters. The van der Waals surface area contributed by atoms with Crippen LogP contribution in [0.3, 0.4) is 0 Å². The van der Waals surface area contributed by atoms with E-state index in [9.17, 15) is 4.79 Å². The lowest BCUT2D eigenvalue weighted by molar-refractivity contribution is 0.190. The first kappa shape index (κ1) is 18.1. The minimum absolute atomic E-state index is 0.0835. The van der Waals surface area contributed by atoms with Gasteiger partial charge in [0.1, 0.15) is 5.75 Å². The highest BCUT2D eigenvalue weighted by molar-refractivity contribution is 5.75. The Labute approximate surface area is 163 Å². The number of carbonyl (C=O) groups is 1. The van der Waals surface area contributed by atoms with Crippen LogP contribution in [0.15, 0.2) is 48.7 Å². The van der Waals surface area contributed by atoms with Gasteiger partial charge in [-0.2, -0.15) is 0 Å². The number of carbonyl (C=O) groups excluding carboxylic acids is 1. The van der Waals surface area contributed by atoms with Gasteiger partial charge in [0.15, 0.2) is 11.5 Å². The molecule has 4 rings (SSSR count). The quantitative estimate of drug-likeness (QED) is 0.752. The summed E-state index contributed by atoms with van der Waals surface area (Å²) < 4.78 is 7.35. The zero-order valence-corrected chi connectivity index (χ0v) is 16.1. The molecule has 1 fully saturated rings. The number of amides is 2. The van der Waals surface area contributed by atoms with Gasteiger partial charge in [-0.1, -0.05) is 18.2 Å². The number of ether oxygens (including phenoxy) is 1. The summed E-state index contributed by atoms with van der Waals surface area (Å²) in [7, 11) is 1.68. The van der Waals surface area contributed by atoms with E-state index in [1.807, 2.05) is 64.9 Å². The number of hydrogen-bond donors (Lipinski definition) is 1. The van der Waals surface area contributed by atoms with Gasteiger partial charge in [0.2, 0.25) is 0 Å². The Morgan fingerprint density at radius 2 is 1.82 bits per heavy atom. The molecule has 1 N–H and O–H groups in total. The average molecular weight is 380 g/mol. The summed E-state index contributed by atoms with van der Waals surface area (Å²) in [5, 5.41) is 11.4. The van der Waals surface area contributed by atoms with Crippen molar-refractivity contribution < 1.29 is 9.53 Å². The second-order valence-electron chi connectivity index (χ2n) is 6.80. The van der Waals surface area contributed by atoms with Gasteiger partial charge in [0.05, 0.1) is 18.8 Å². The Kier molecular flexibility index (Phi) is 5.01. The highest BCUT2D eigenvalue weighted by Crippen LogP contribution is 2.28. The van der Waals surface area contributed by atoms with Crippen LogP contribution in [0.1, 0.15) is 18.8 Å². The van der Waals surface area contributed by atoms with Gasteiger partial charge >= 0.3 is 6.03 Å². The SMILES string of the molecule is COc1ccccc1N1CCN(C(=O)N[C@@H](C)c2nnc3ccccn23)CC1. The summed E-state index contributed by atoms with van der Waals surface area (Å²) in [5.41, 5.74) is 1.83. The summed E-state index contributed by atoms with van der Waals surface area (Å²) in [4.78, 5) is 16.8. The highest BCUT2D eigenvalue weighted by atomic mass is 16.5. The molecule has 0 radical (unpaired) electrons. The fourth-order valence-corrected chi connectivity index (χ4v) is 3.54. The summed E-state index contributed by atoms with van der Waals surface area (Å²) in [6.07, 6.45) is 1.90. The minimum atomic E-state index is -0.239. The molecule has 1 aliphatic heterocycles. The molecule has 28 heavy (non-hydrogen) atoms. The molecule has 2 aromatic heterocycles. The maximum Gasteiger partial charge on any atom is 0.318 e. The van der Waals surface area contributed by atoms with Crippen LogP contribution in [0.25, 0.3) is 5.65 Å². The average Bonchev–Trinajstić information content (AvgIpc) is 3.18. The Hall–Kier alpha value is -3.29. The molecule has 1 saturated heterocycles. The van der Waals surface area contributed by atoms with Gasteiger partial charge in [0.25, 0.3) is 0 Å². The highest BCUT2D eigenvalue weighted by Gasteiger charge is 2.25. The topological polar surface area (TPSA) is 75.0 Å². The number of anilines is 1. The number of hydrogen-bond acceptors (Lipinski definition) is 5. The molecule has 0 spiro atoms. The van der Waals surface area contributed by atoms with Crippen molar-refractivity contribution in [3.8, 4) is 5.75 Å². The van der Waals surface area contributed by atoms with Crippen LogP contribution in [0.4, 0.5) is 10.5 Å². The van der Waals surface area contributed by atoms with E-state index < -0.39 is 0 Å². The predicted octanol–water partition coefficient (Wildman–Crippen LogP) is 2.33. The van der Waals surface area contributed by atoms with Crippen LogP contribution >= 0.6 is 0 Å². The van der Waals surface area contributed by atoms with E-state index in [0.717, 1.165) is 36.0 Å². The van der Waals surface area contributed by atoms with Crippen LogP contribution in [0, 0.1) is 0 Å². The molecule has 1 aromatic carbocycles. The summed E-state index contributed by atoms with van der Waals surface area (Å²) in [5.74, 6) is 1.57. The van der Waals surface area contributed by atoms with Crippen molar-refractivity contribution in [3.63, 3.8) is 0 Å². The van der Waals surface area contributed by atoms with Crippen LogP contribution in [-0.4, -0.2) is 58.8 Å². The standard InChI is InChI=1S/C20H24N6O2/c1-15(19-23-22-18-9-5-6-10-26(18)19)21-20(27)25-13-11-24(12-14-25)16-7-3-4-8-17(16)28-2/h3-10,15H,11-14H2,1-2H3,(H,21,27)/t15-/m0/s1. The first-order valence-corrected chi connectivity index (χ1v) is 9.40. The van der Waals surface area contributed by atoms with E-state index >= 15 is 0 Å². The van der Waals surface area contributed by atoms with E-state index in [4.69, 9.17) is 4.74 Å². The molecule has 0 bridgehead atoms. The smallest absolute Gasteiger partial charge is 0.318 e. The first-order valence-electron chi connectivity index (χ1n) is 9.40. The number of pyridine rings is 1. The monoisotopic (exact) mass is 380 g/mol. The summed E-state index contributed by atoms with van der Waals surface area (Å²) in [6.45, 7) is 4.74. The maximum absolute atomic E-state index is 12.7. The van der Waals surface area contributed by atoms with Crippen LogP contribution < -0.4 is 15.0 Å². The Balaban J connectivity index is 1.37. The fraction of sp³-hybridized carbons (Fsp3) is 0.350. The molecule has 1 aliphatic rings. The number of piperazine rings is 1. The lowest BCUT2D eigenvalue weighted by Crippen LogP contribution is -2.52. The second-order valence-corrected chi connectivity index (χ2v) is 6.80. The second kappa shape index (κ2) is 7.75. The summed E-state index contributed by atoms with van der Waals surface area (Å²) in [6, 6.07) is 13.4. The Morgan fingerprint density at radius 1 is 1.07 bits per heavy atom. The van der Waals surface area contributed by atoms with Crippen molar-refractivity contribution in [2.24, 2.45) is 0 Å². The normalized spacial score (nSPS) is 15.5. The van der Waals surface area contributed by atoms with Crippen LogP contribution in [-0.2, 0) is 0 Å². The van der Waals surface area contributed by atoms with Crippen molar-refractivity contribution in [2.75, 3.05) is 38.2 Å². The molecule has 8 heteroatoms. The van der Waals surface area contributed by atoms with Crippen molar-refractivity contribution in [3.05, 3.63) is 54.5 Å².